The number of fused-ring (bicyclic) bond motifs is 11. The minimum Gasteiger partial charge on any atom is -0.0619 e. The van der Waals surface area contributed by atoms with Gasteiger partial charge >= 0.3 is 0 Å². The lowest BCUT2D eigenvalue weighted by Crippen LogP contribution is -2.26. The van der Waals surface area contributed by atoms with Crippen LogP contribution < -0.4 is 0 Å². The summed E-state index contributed by atoms with van der Waals surface area (Å²) >= 11 is 0. The first-order valence-corrected chi connectivity index (χ1v) is 21.8. The number of hydrogen-bond acceptors (Lipinski definition) is 0. The Balaban J connectivity index is 1.04. The fourth-order valence-corrected chi connectivity index (χ4v) is 12.0. The molecule has 0 nitrogen and oxygen atoms in total. The fourth-order valence-electron chi connectivity index (χ4n) is 12.0. The molecule has 0 aromatic heterocycles. The van der Waals surface area contributed by atoms with E-state index < -0.39 is 5.41 Å². The van der Waals surface area contributed by atoms with Crippen molar-refractivity contribution in [3.63, 3.8) is 0 Å². The van der Waals surface area contributed by atoms with Crippen molar-refractivity contribution in [3.05, 3.63) is 240 Å². The van der Waals surface area contributed by atoms with Gasteiger partial charge in [-0.25, -0.2) is 0 Å². The lowest BCUT2D eigenvalue weighted by molar-refractivity contribution is 0.797. The van der Waals surface area contributed by atoms with Crippen LogP contribution >= 0.6 is 0 Å². The van der Waals surface area contributed by atoms with Crippen molar-refractivity contribution in [1.82, 2.24) is 0 Å². The van der Waals surface area contributed by atoms with Gasteiger partial charge in [0.15, 0.2) is 0 Å². The predicted octanol–water partition coefficient (Wildman–Crippen LogP) is 16.6. The van der Waals surface area contributed by atoms with Gasteiger partial charge in [-0.1, -0.05) is 200 Å². The molecule has 62 heavy (non-hydrogen) atoms. The summed E-state index contributed by atoms with van der Waals surface area (Å²) < 4.78 is 0. The second-order valence-electron chi connectivity index (χ2n) is 17.5. The van der Waals surface area contributed by atoms with E-state index in [0.29, 0.717) is 0 Å². The zero-order valence-electron chi connectivity index (χ0n) is 34.2. The van der Waals surface area contributed by atoms with E-state index in [1.54, 1.807) is 0 Å². The van der Waals surface area contributed by atoms with Crippen LogP contribution in [0.3, 0.4) is 0 Å². The van der Waals surface area contributed by atoms with Crippen molar-refractivity contribution in [2.45, 2.75) is 12.3 Å². The van der Waals surface area contributed by atoms with Gasteiger partial charge in [-0.05, 0) is 157 Å². The molecule has 12 aromatic rings. The van der Waals surface area contributed by atoms with E-state index in [-0.39, 0.29) is 0 Å². The average Bonchev–Trinajstić information content (AvgIpc) is 3.80. The summed E-state index contributed by atoms with van der Waals surface area (Å²) in [5.74, 6) is 0. The van der Waals surface area contributed by atoms with Crippen molar-refractivity contribution >= 4 is 64.6 Å². The first-order chi connectivity index (χ1) is 30.7. The SMILES string of the molecule is Cc1ccc2c(-c3ccc(-c4cc5c6c(ccc7cccc(c76)C56c5ccccc5-c5ccccc56)c4)c4ccccc34)c3ccccc3c(-c3ccc4ccccc4c3)c2c1. The number of aryl methyl sites for hydroxylation is 1. The summed E-state index contributed by atoms with van der Waals surface area (Å²) in [5.41, 5.74) is 16.7. The predicted molar refractivity (Wildman–Crippen MR) is 263 cm³/mol. The molecule has 0 saturated carbocycles. The van der Waals surface area contributed by atoms with Crippen LogP contribution in [0.2, 0.25) is 0 Å². The molecule has 286 valence electrons. The lowest BCUT2D eigenvalue weighted by atomic mass is 9.69. The van der Waals surface area contributed by atoms with E-state index in [2.05, 4.69) is 219 Å². The lowest BCUT2D eigenvalue weighted by Gasteiger charge is -2.31. The smallest absolute Gasteiger partial charge is 0.0619 e. The van der Waals surface area contributed by atoms with Crippen LogP contribution in [-0.4, -0.2) is 0 Å². The molecule has 0 bridgehead atoms. The molecule has 0 fully saturated rings. The van der Waals surface area contributed by atoms with E-state index in [4.69, 9.17) is 0 Å². The van der Waals surface area contributed by atoms with Gasteiger partial charge in [0.25, 0.3) is 0 Å². The third kappa shape index (κ3) is 4.36. The largest absolute Gasteiger partial charge is 0.0726 e. The highest BCUT2D eigenvalue weighted by Crippen LogP contribution is 2.63. The molecule has 0 radical (unpaired) electrons. The molecule has 0 unspecified atom stereocenters. The fraction of sp³-hybridized carbons (Fsp3) is 0.0323. The van der Waals surface area contributed by atoms with E-state index in [0.717, 1.165) is 0 Å². The van der Waals surface area contributed by atoms with Crippen LogP contribution in [0.5, 0.6) is 0 Å². The van der Waals surface area contributed by atoms with Gasteiger partial charge in [0.1, 0.15) is 0 Å². The highest BCUT2D eigenvalue weighted by atomic mass is 14.5. The second kappa shape index (κ2) is 12.4. The van der Waals surface area contributed by atoms with E-state index in [9.17, 15) is 0 Å². The Kier molecular flexibility index (Phi) is 6.78. The van der Waals surface area contributed by atoms with Crippen molar-refractivity contribution in [2.24, 2.45) is 0 Å². The number of hydrogen-bond donors (Lipinski definition) is 0. The Morgan fingerprint density at radius 3 is 1.61 bits per heavy atom. The molecule has 12 aromatic carbocycles. The Hall–Kier alpha value is -7.80. The zero-order valence-corrected chi connectivity index (χ0v) is 34.2. The van der Waals surface area contributed by atoms with E-state index in [1.807, 2.05) is 0 Å². The van der Waals surface area contributed by atoms with Crippen molar-refractivity contribution in [1.29, 1.82) is 0 Å². The Morgan fingerprint density at radius 2 is 0.823 bits per heavy atom. The monoisotopic (exact) mass is 782 g/mol. The van der Waals surface area contributed by atoms with Crippen LogP contribution in [0.4, 0.5) is 0 Å². The second-order valence-corrected chi connectivity index (χ2v) is 17.5. The zero-order chi connectivity index (χ0) is 40.7. The minimum atomic E-state index is -0.400. The molecule has 0 atom stereocenters. The molecule has 1 spiro atoms. The van der Waals surface area contributed by atoms with Gasteiger partial charge in [-0.2, -0.15) is 0 Å². The Labute approximate surface area is 360 Å². The molecular weight excluding hydrogens is 745 g/mol. The maximum Gasteiger partial charge on any atom is 0.0726 e. The Bertz CT molecular complexity index is 3890. The van der Waals surface area contributed by atoms with Gasteiger partial charge in [0, 0.05) is 0 Å². The molecule has 0 heteroatoms. The summed E-state index contributed by atoms with van der Waals surface area (Å²) in [4.78, 5) is 0. The molecular formula is C62H38. The van der Waals surface area contributed by atoms with Gasteiger partial charge in [-0.3, -0.25) is 0 Å². The molecule has 2 aliphatic rings. The molecule has 14 rings (SSSR count). The van der Waals surface area contributed by atoms with Gasteiger partial charge < -0.3 is 0 Å². The van der Waals surface area contributed by atoms with Gasteiger partial charge in [-0.15, -0.1) is 0 Å². The summed E-state index contributed by atoms with van der Waals surface area (Å²) in [6, 6.07) is 80.5. The number of rotatable bonds is 3. The van der Waals surface area contributed by atoms with E-state index >= 15 is 0 Å². The minimum absolute atomic E-state index is 0.400. The molecule has 0 heterocycles. The summed E-state index contributed by atoms with van der Waals surface area (Å²) in [6.07, 6.45) is 0. The standard InChI is InChI=1S/C62H38/c1-37-25-30-52-53(33-37)58(41-28-26-38-13-2-3-14-40(38)34-41)49-20-6-7-21-50(49)61(52)51-32-31-44(45-16-4-5-17-46(45)51)43-35-42-29-27-39-15-12-24-56-59(39)60(42)57(36-43)62(56)54-22-10-8-18-47(54)48-19-9-11-23-55(48)62/h2-36H,1H3. The molecule has 0 saturated heterocycles. The molecule has 0 aliphatic heterocycles. The molecule has 0 amide bonds. The third-order valence-corrected chi connectivity index (χ3v) is 14.4. The third-order valence-electron chi connectivity index (χ3n) is 14.4. The maximum atomic E-state index is 2.55. The highest BCUT2D eigenvalue weighted by Gasteiger charge is 2.50. The van der Waals surface area contributed by atoms with Crippen molar-refractivity contribution < 1.29 is 0 Å². The molecule has 2 aliphatic carbocycles. The summed E-state index contributed by atoms with van der Waals surface area (Å²) in [5, 5.41) is 15.5. The maximum absolute atomic E-state index is 2.55. The van der Waals surface area contributed by atoms with Crippen molar-refractivity contribution in [3.8, 4) is 44.5 Å². The van der Waals surface area contributed by atoms with Gasteiger partial charge in [0.05, 0.1) is 5.41 Å². The van der Waals surface area contributed by atoms with Crippen LogP contribution in [-0.2, 0) is 5.41 Å². The normalized spacial score (nSPS) is 13.4. The summed E-state index contributed by atoms with van der Waals surface area (Å²) in [6.45, 7) is 2.22. The first-order valence-electron chi connectivity index (χ1n) is 21.8. The van der Waals surface area contributed by atoms with Crippen LogP contribution in [0.25, 0.3) is 109 Å². The first kappa shape index (κ1) is 34.0. The molecule has 0 N–H and O–H groups in total. The van der Waals surface area contributed by atoms with Gasteiger partial charge in [0.2, 0.25) is 0 Å². The highest BCUT2D eigenvalue weighted by molar-refractivity contribution is 6.25. The number of benzene rings is 12. The Morgan fingerprint density at radius 1 is 0.274 bits per heavy atom. The quantitative estimate of drug-likeness (QED) is 0.124. The van der Waals surface area contributed by atoms with Crippen LogP contribution in [0, 0.1) is 6.92 Å². The van der Waals surface area contributed by atoms with Crippen LogP contribution in [0.15, 0.2) is 212 Å². The average molecular weight is 783 g/mol. The van der Waals surface area contributed by atoms with E-state index in [1.165, 1.54) is 137 Å². The summed E-state index contributed by atoms with van der Waals surface area (Å²) in [7, 11) is 0. The van der Waals surface area contributed by atoms with Crippen LogP contribution in [0.1, 0.15) is 27.8 Å². The topological polar surface area (TPSA) is 0 Å². The van der Waals surface area contributed by atoms with Crippen molar-refractivity contribution in [2.75, 3.05) is 0 Å².